The third-order valence-electron chi connectivity index (χ3n) is 13.4. The molecule has 4 aliphatic rings. The first-order valence-electron chi connectivity index (χ1n) is 21.2. The molecule has 0 aromatic carbocycles. The van der Waals surface area contributed by atoms with Crippen molar-refractivity contribution in [2.24, 2.45) is 41.2 Å². The number of hydrogen-bond donors (Lipinski definition) is 2. The monoisotopic (exact) mass is 789 g/mol. The molecule has 0 spiro atoms. The SMILES string of the molecule is CC[C@@H]1/C=C(\C)C[C@H](C)C[C@H](OC)[C@H]2O[C@@](O)(C(=O)C(=O)N3CCCC[C@H]3C(=O)O[C@H](/C(C)=C/[C@@H]3CC[C@H](N)[C@H](OC)C3)[C@H](C)[C@@H](C)CC1=O)[C@H](C)C[C@@H]2OC. The second-order valence-corrected chi connectivity index (χ2v) is 17.7. The Morgan fingerprint density at radius 3 is 2.25 bits per heavy atom. The number of carbonyl (C=O) groups excluding carboxylic acids is 4. The molecule has 318 valence electrons. The Kier molecular flexibility index (Phi) is 16.9. The number of piperidine rings is 1. The number of esters is 1. The van der Waals surface area contributed by atoms with Crippen molar-refractivity contribution >= 4 is 23.4 Å². The molecule has 0 aromatic heterocycles. The van der Waals surface area contributed by atoms with Crippen LogP contribution in [-0.2, 0) is 42.9 Å². The molecule has 14 atom stereocenters. The third kappa shape index (κ3) is 10.8. The minimum Gasteiger partial charge on any atom is -0.456 e. The van der Waals surface area contributed by atoms with Gasteiger partial charge in [0.2, 0.25) is 5.79 Å². The summed E-state index contributed by atoms with van der Waals surface area (Å²) in [4.78, 5) is 58.1. The number of ether oxygens (including phenoxy) is 5. The van der Waals surface area contributed by atoms with Crippen molar-refractivity contribution in [2.75, 3.05) is 27.9 Å². The second-order valence-electron chi connectivity index (χ2n) is 17.7. The molecule has 0 unspecified atom stereocenters. The van der Waals surface area contributed by atoms with E-state index >= 15 is 0 Å². The molecule has 3 fully saturated rings. The van der Waals surface area contributed by atoms with Gasteiger partial charge in [0, 0.05) is 58.1 Å². The van der Waals surface area contributed by atoms with Gasteiger partial charge < -0.3 is 39.4 Å². The summed E-state index contributed by atoms with van der Waals surface area (Å²) in [5, 5.41) is 12.0. The fourth-order valence-corrected chi connectivity index (χ4v) is 9.66. The van der Waals surface area contributed by atoms with Gasteiger partial charge >= 0.3 is 5.97 Å². The maximum absolute atomic E-state index is 14.4. The first kappa shape index (κ1) is 46.2. The third-order valence-corrected chi connectivity index (χ3v) is 13.4. The topological polar surface area (TPSA) is 164 Å². The van der Waals surface area contributed by atoms with Gasteiger partial charge in [-0.3, -0.25) is 14.4 Å². The number of hydrogen-bond acceptors (Lipinski definition) is 11. The van der Waals surface area contributed by atoms with Crippen LogP contribution < -0.4 is 5.73 Å². The molecule has 3 N–H and O–H groups in total. The highest BCUT2D eigenvalue weighted by atomic mass is 16.7. The van der Waals surface area contributed by atoms with Gasteiger partial charge in [0.15, 0.2) is 0 Å². The number of ketones is 2. The quantitative estimate of drug-likeness (QED) is 0.192. The minimum absolute atomic E-state index is 0.0411. The van der Waals surface area contributed by atoms with Gasteiger partial charge in [-0.05, 0) is 101 Å². The summed E-state index contributed by atoms with van der Waals surface area (Å²) in [5.41, 5.74) is 8.28. The van der Waals surface area contributed by atoms with E-state index in [-0.39, 0.29) is 60.5 Å². The Bertz CT molecular complexity index is 1430. The number of cyclic esters (lactones) is 1. The van der Waals surface area contributed by atoms with E-state index in [1.807, 2.05) is 34.6 Å². The Morgan fingerprint density at radius 2 is 1.61 bits per heavy atom. The van der Waals surface area contributed by atoms with Gasteiger partial charge in [-0.25, -0.2) is 4.79 Å². The number of methoxy groups -OCH3 is 3. The van der Waals surface area contributed by atoms with E-state index in [1.165, 1.54) is 4.90 Å². The summed E-state index contributed by atoms with van der Waals surface area (Å²) in [6.45, 7) is 14.0. The van der Waals surface area contributed by atoms with Crippen LogP contribution in [0.5, 0.6) is 0 Å². The van der Waals surface area contributed by atoms with Crippen molar-refractivity contribution in [1.29, 1.82) is 0 Å². The fourth-order valence-electron chi connectivity index (χ4n) is 9.66. The lowest BCUT2D eigenvalue weighted by Crippen LogP contribution is -2.64. The van der Waals surface area contributed by atoms with Crippen LogP contribution in [0.3, 0.4) is 0 Å². The van der Waals surface area contributed by atoms with E-state index in [4.69, 9.17) is 29.4 Å². The first-order valence-corrected chi connectivity index (χ1v) is 21.2. The number of allylic oxidation sites excluding steroid dienone is 3. The van der Waals surface area contributed by atoms with Crippen molar-refractivity contribution in [3.63, 3.8) is 0 Å². The molecule has 3 aliphatic heterocycles. The number of rotatable bonds is 6. The largest absolute Gasteiger partial charge is 0.456 e. The minimum atomic E-state index is -2.46. The van der Waals surface area contributed by atoms with E-state index < -0.39 is 59.8 Å². The molecule has 0 radical (unpaired) electrons. The molecule has 12 nitrogen and oxygen atoms in total. The molecule has 4 rings (SSSR count). The number of amides is 1. The number of nitrogens with two attached hydrogens (primary N) is 1. The van der Waals surface area contributed by atoms with Crippen LogP contribution in [0, 0.1) is 35.5 Å². The van der Waals surface area contributed by atoms with Crippen LogP contribution in [-0.4, -0.2) is 110 Å². The van der Waals surface area contributed by atoms with Crippen molar-refractivity contribution in [1.82, 2.24) is 4.90 Å². The van der Waals surface area contributed by atoms with Crippen LogP contribution in [0.25, 0.3) is 0 Å². The molecule has 12 heteroatoms. The number of aliphatic hydroxyl groups is 1. The normalized spacial score (nSPS) is 41.6. The molecule has 1 saturated carbocycles. The molecule has 0 aromatic rings. The highest BCUT2D eigenvalue weighted by molar-refractivity contribution is 6.39. The Hall–Kier alpha value is -2.48. The van der Waals surface area contributed by atoms with Gasteiger partial charge in [0.1, 0.15) is 24.0 Å². The zero-order valence-electron chi connectivity index (χ0n) is 35.8. The summed E-state index contributed by atoms with van der Waals surface area (Å²) < 4.78 is 30.2. The summed E-state index contributed by atoms with van der Waals surface area (Å²) in [6, 6.07) is -1.07. The van der Waals surface area contributed by atoms with E-state index in [0.717, 1.165) is 30.4 Å². The molecule has 3 heterocycles. The maximum atomic E-state index is 14.4. The van der Waals surface area contributed by atoms with Gasteiger partial charge in [0.05, 0.1) is 18.3 Å². The number of nitrogens with zero attached hydrogens (tertiary/aromatic N) is 1. The maximum Gasteiger partial charge on any atom is 0.329 e. The van der Waals surface area contributed by atoms with E-state index in [0.29, 0.717) is 44.9 Å². The van der Waals surface area contributed by atoms with Gasteiger partial charge in [0.25, 0.3) is 11.7 Å². The Morgan fingerprint density at radius 1 is 0.946 bits per heavy atom. The zero-order chi connectivity index (χ0) is 41.5. The molecular weight excluding hydrogens is 716 g/mol. The molecule has 1 amide bonds. The van der Waals surface area contributed by atoms with Gasteiger partial charge in [-0.1, -0.05) is 52.3 Å². The molecular formula is C44H72N2O10. The Balaban J connectivity index is 1.76. The highest BCUT2D eigenvalue weighted by Crippen LogP contribution is 2.39. The smallest absolute Gasteiger partial charge is 0.329 e. The molecule has 2 saturated heterocycles. The number of fused-ring (bicyclic) bond motifs is 3. The van der Waals surface area contributed by atoms with Crippen LogP contribution in [0.15, 0.2) is 23.3 Å². The molecule has 56 heavy (non-hydrogen) atoms. The second kappa shape index (κ2) is 20.5. The number of carbonyl (C=O) groups is 4. The summed E-state index contributed by atoms with van der Waals surface area (Å²) in [6.07, 6.45) is 7.97. The van der Waals surface area contributed by atoms with Gasteiger partial charge in [-0.15, -0.1) is 0 Å². The number of Topliss-reactive ketones (excluding diaryl/α,β-unsaturated/α-hetero) is 2. The van der Waals surface area contributed by atoms with Crippen molar-refractivity contribution in [3.05, 3.63) is 23.3 Å². The lowest BCUT2D eigenvalue weighted by atomic mass is 9.79. The van der Waals surface area contributed by atoms with E-state index in [9.17, 15) is 24.3 Å². The standard InChI is InChI=1S/C44H72N2O10/c1-11-32-19-25(2)18-26(3)20-37(53-9)40-38(54-10)23-29(6)44(51,56-40)41(48)42(49)46-17-13-12-14-34(46)43(50)55-39(30(7)27(4)22-35(32)47)28(5)21-31-15-16-33(45)36(24-31)52-8/h19,21,26-27,29-34,36-40,51H,11-18,20,22-24,45H2,1-10H3/b25-19+,28-21+/t26-,27-,29+,30+,31-,32+,33-,34-,36+,37-,38-,39+,40+,44+/m0/s1. The first-order chi connectivity index (χ1) is 26.5. The van der Waals surface area contributed by atoms with Crippen LogP contribution in [0.2, 0.25) is 0 Å². The average molecular weight is 789 g/mol. The van der Waals surface area contributed by atoms with Gasteiger partial charge in [-0.2, -0.15) is 0 Å². The highest BCUT2D eigenvalue weighted by Gasteiger charge is 2.56. The fraction of sp³-hybridized carbons (Fsp3) is 0.818. The van der Waals surface area contributed by atoms with E-state index in [2.05, 4.69) is 19.1 Å². The van der Waals surface area contributed by atoms with Crippen LogP contribution >= 0.6 is 0 Å². The van der Waals surface area contributed by atoms with Crippen molar-refractivity contribution in [2.45, 2.75) is 167 Å². The predicted molar refractivity (Wildman–Crippen MR) is 213 cm³/mol. The summed E-state index contributed by atoms with van der Waals surface area (Å²) >= 11 is 0. The average Bonchev–Trinajstić information content (AvgIpc) is 3.18. The summed E-state index contributed by atoms with van der Waals surface area (Å²) in [7, 11) is 4.79. The Labute approximate surface area is 335 Å². The zero-order valence-corrected chi connectivity index (χ0v) is 35.8. The predicted octanol–water partition coefficient (Wildman–Crippen LogP) is 5.71. The van der Waals surface area contributed by atoms with Crippen LogP contribution in [0.4, 0.5) is 0 Å². The van der Waals surface area contributed by atoms with Crippen LogP contribution in [0.1, 0.15) is 119 Å². The lowest BCUT2D eigenvalue weighted by molar-refractivity contribution is -0.302. The van der Waals surface area contributed by atoms with E-state index in [1.54, 1.807) is 28.3 Å². The lowest BCUT2D eigenvalue weighted by Gasteiger charge is -2.47. The van der Waals surface area contributed by atoms with Crippen molar-refractivity contribution < 1.29 is 48.0 Å². The molecule has 2 bridgehead atoms. The van der Waals surface area contributed by atoms with Crippen molar-refractivity contribution in [3.8, 4) is 0 Å². The molecule has 1 aliphatic carbocycles. The summed E-state index contributed by atoms with van der Waals surface area (Å²) in [5.74, 6) is -6.19.